The number of anilines is 1. The van der Waals surface area contributed by atoms with Crippen LogP contribution in [0.3, 0.4) is 0 Å². The van der Waals surface area contributed by atoms with Gasteiger partial charge in [0.1, 0.15) is 10.9 Å². The van der Waals surface area contributed by atoms with E-state index >= 15 is 0 Å². The second kappa shape index (κ2) is 4.72. The number of carboxylic acid groups (broad SMARTS) is 1. The van der Waals surface area contributed by atoms with Crippen molar-refractivity contribution in [3.8, 4) is 0 Å². The second-order valence-electron chi connectivity index (χ2n) is 3.63. The monoisotopic (exact) mass is 256 g/mol. The highest BCUT2D eigenvalue weighted by molar-refractivity contribution is 7.17. The number of morpholine rings is 1. The van der Waals surface area contributed by atoms with Crippen LogP contribution in [0.5, 0.6) is 0 Å². The number of thiophene rings is 1. The molecule has 1 fully saturated rings. The Bertz CT molecular complexity index is 445. The van der Waals surface area contributed by atoms with Gasteiger partial charge in [-0.1, -0.05) is 0 Å². The lowest BCUT2D eigenvalue weighted by Gasteiger charge is -2.34. The highest BCUT2D eigenvalue weighted by atomic mass is 32.1. The number of carbonyl (C=O) groups is 2. The number of nitrogens with two attached hydrogens (primary N) is 1. The topological polar surface area (TPSA) is 92.9 Å². The summed E-state index contributed by atoms with van der Waals surface area (Å²) in [6.45, 7) is 1.28. The van der Waals surface area contributed by atoms with E-state index in [4.69, 9.17) is 15.6 Å². The number of hydrogen-bond donors (Lipinski definition) is 2. The zero-order chi connectivity index (χ0) is 12.4. The van der Waals surface area contributed by atoms with Crippen LogP contribution >= 0.6 is 11.3 Å². The number of rotatable bonds is 3. The Labute approximate surface area is 102 Å². The molecule has 0 aromatic carbocycles. The molecule has 1 aromatic rings. The van der Waals surface area contributed by atoms with Crippen LogP contribution in [-0.4, -0.2) is 42.8 Å². The standard InChI is InChI=1S/C10H12N2O4S/c11-9(13)6-5-16-4-3-12(6)8-2-1-7(17-8)10(14)15/h1-2,6H,3-5H2,(H2,11,13)(H,14,15). The van der Waals surface area contributed by atoms with Gasteiger partial charge in [-0.2, -0.15) is 0 Å². The van der Waals surface area contributed by atoms with Crippen LogP contribution < -0.4 is 10.6 Å². The fourth-order valence-corrected chi connectivity index (χ4v) is 2.62. The molecule has 3 N–H and O–H groups in total. The molecule has 2 rings (SSSR count). The van der Waals surface area contributed by atoms with Crippen molar-refractivity contribution in [3.63, 3.8) is 0 Å². The lowest BCUT2D eigenvalue weighted by Crippen LogP contribution is -2.52. The number of nitrogens with zero attached hydrogens (tertiary/aromatic N) is 1. The van der Waals surface area contributed by atoms with E-state index in [1.807, 2.05) is 0 Å². The normalized spacial score (nSPS) is 20.2. The van der Waals surface area contributed by atoms with Crippen LogP contribution in [0, 0.1) is 0 Å². The molecule has 1 unspecified atom stereocenters. The summed E-state index contributed by atoms with van der Waals surface area (Å²) in [5.41, 5.74) is 5.29. The van der Waals surface area contributed by atoms with Crippen molar-refractivity contribution in [2.45, 2.75) is 6.04 Å². The Morgan fingerprint density at radius 2 is 2.29 bits per heavy atom. The summed E-state index contributed by atoms with van der Waals surface area (Å²) in [7, 11) is 0. The van der Waals surface area contributed by atoms with Gasteiger partial charge in [0, 0.05) is 6.54 Å². The van der Waals surface area contributed by atoms with Crippen LogP contribution in [-0.2, 0) is 9.53 Å². The van der Waals surface area contributed by atoms with Crippen molar-refractivity contribution >= 4 is 28.2 Å². The molecule has 92 valence electrons. The average Bonchev–Trinajstić information content (AvgIpc) is 2.78. The number of amides is 1. The van der Waals surface area contributed by atoms with Gasteiger partial charge in [0.05, 0.1) is 18.2 Å². The van der Waals surface area contributed by atoms with E-state index in [0.29, 0.717) is 13.2 Å². The molecule has 1 amide bonds. The maximum absolute atomic E-state index is 11.3. The molecule has 17 heavy (non-hydrogen) atoms. The average molecular weight is 256 g/mol. The third kappa shape index (κ3) is 2.40. The van der Waals surface area contributed by atoms with Crippen LogP contribution in [0.1, 0.15) is 9.67 Å². The fraction of sp³-hybridized carbons (Fsp3) is 0.400. The van der Waals surface area contributed by atoms with Gasteiger partial charge in [-0.3, -0.25) is 4.79 Å². The quantitative estimate of drug-likeness (QED) is 0.802. The summed E-state index contributed by atoms with van der Waals surface area (Å²) in [5.74, 6) is -1.43. The first-order chi connectivity index (χ1) is 8.09. The number of carboxylic acids is 1. The first-order valence-corrected chi connectivity index (χ1v) is 5.88. The Hall–Kier alpha value is -1.60. The molecule has 1 saturated heterocycles. The Balaban J connectivity index is 2.23. The highest BCUT2D eigenvalue weighted by Gasteiger charge is 2.29. The Kier molecular flexibility index (Phi) is 3.30. The molecule has 0 bridgehead atoms. The van der Waals surface area contributed by atoms with Crippen molar-refractivity contribution < 1.29 is 19.4 Å². The van der Waals surface area contributed by atoms with Crippen molar-refractivity contribution in [1.82, 2.24) is 0 Å². The number of aromatic carboxylic acids is 1. The SMILES string of the molecule is NC(=O)C1COCCN1c1ccc(C(=O)O)s1. The molecular weight excluding hydrogens is 244 g/mol. The van der Waals surface area contributed by atoms with Gasteiger partial charge in [0.25, 0.3) is 0 Å². The summed E-state index contributed by atoms with van der Waals surface area (Å²) >= 11 is 1.13. The van der Waals surface area contributed by atoms with Crippen molar-refractivity contribution in [1.29, 1.82) is 0 Å². The predicted molar refractivity (Wildman–Crippen MR) is 62.4 cm³/mol. The number of primary amides is 1. The third-order valence-corrected chi connectivity index (χ3v) is 3.65. The maximum atomic E-state index is 11.3. The summed E-state index contributed by atoms with van der Waals surface area (Å²) in [6.07, 6.45) is 0. The van der Waals surface area contributed by atoms with Gasteiger partial charge >= 0.3 is 5.97 Å². The van der Waals surface area contributed by atoms with Crippen LogP contribution in [0.25, 0.3) is 0 Å². The molecule has 7 heteroatoms. The zero-order valence-electron chi connectivity index (χ0n) is 8.96. The van der Waals surface area contributed by atoms with E-state index in [9.17, 15) is 9.59 Å². The summed E-state index contributed by atoms with van der Waals surface area (Å²) < 4.78 is 5.20. The first kappa shape index (κ1) is 11.9. The molecule has 0 saturated carbocycles. The fourth-order valence-electron chi connectivity index (χ4n) is 1.70. The van der Waals surface area contributed by atoms with E-state index in [2.05, 4.69) is 0 Å². The lowest BCUT2D eigenvalue weighted by atomic mass is 10.2. The molecule has 1 aromatic heterocycles. The number of carbonyl (C=O) groups excluding carboxylic acids is 1. The molecule has 1 aliphatic rings. The highest BCUT2D eigenvalue weighted by Crippen LogP contribution is 2.28. The van der Waals surface area contributed by atoms with Gasteiger partial charge < -0.3 is 20.5 Å². The lowest BCUT2D eigenvalue weighted by molar-refractivity contribution is -0.121. The zero-order valence-corrected chi connectivity index (χ0v) is 9.77. The molecule has 6 nitrogen and oxygen atoms in total. The van der Waals surface area contributed by atoms with Crippen molar-refractivity contribution in [3.05, 3.63) is 17.0 Å². The van der Waals surface area contributed by atoms with Gasteiger partial charge in [-0.05, 0) is 12.1 Å². The summed E-state index contributed by atoms with van der Waals surface area (Å²) in [4.78, 5) is 24.1. The number of ether oxygens (including phenoxy) is 1. The minimum Gasteiger partial charge on any atom is -0.477 e. The minimum atomic E-state index is -0.967. The van der Waals surface area contributed by atoms with Gasteiger partial charge in [0.15, 0.2) is 0 Å². The van der Waals surface area contributed by atoms with E-state index in [1.165, 1.54) is 6.07 Å². The largest absolute Gasteiger partial charge is 0.477 e. The molecular formula is C10H12N2O4S. The van der Waals surface area contributed by atoms with Crippen molar-refractivity contribution in [2.75, 3.05) is 24.7 Å². The number of hydrogen-bond acceptors (Lipinski definition) is 5. The van der Waals surface area contributed by atoms with E-state index < -0.39 is 17.9 Å². The van der Waals surface area contributed by atoms with E-state index in [1.54, 1.807) is 11.0 Å². The van der Waals surface area contributed by atoms with Gasteiger partial charge in [-0.25, -0.2) is 4.79 Å². The van der Waals surface area contributed by atoms with Gasteiger partial charge in [-0.15, -0.1) is 11.3 Å². The Morgan fingerprint density at radius 1 is 1.53 bits per heavy atom. The van der Waals surface area contributed by atoms with Crippen LogP contribution in [0.15, 0.2) is 12.1 Å². The van der Waals surface area contributed by atoms with E-state index in [-0.39, 0.29) is 11.5 Å². The molecule has 1 aliphatic heterocycles. The van der Waals surface area contributed by atoms with Gasteiger partial charge in [0.2, 0.25) is 5.91 Å². The Morgan fingerprint density at radius 3 is 2.88 bits per heavy atom. The van der Waals surface area contributed by atoms with Crippen LogP contribution in [0.4, 0.5) is 5.00 Å². The summed E-state index contributed by atoms with van der Waals surface area (Å²) in [6, 6.07) is 2.69. The van der Waals surface area contributed by atoms with Crippen LogP contribution in [0.2, 0.25) is 0 Å². The molecule has 0 aliphatic carbocycles. The molecule has 0 spiro atoms. The van der Waals surface area contributed by atoms with Crippen molar-refractivity contribution in [2.24, 2.45) is 5.73 Å². The van der Waals surface area contributed by atoms with E-state index in [0.717, 1.165) is 16.3 Å². The predicted octanol–water partition coefficient (Wildman–Crippen LogP) is 0.137. The molecule has 0 radical (unpaired) electrons. The third-order valence-electron chi connectivity index (χ3n) is 2.54. The summed E-state index contributed by atoms with van der Waals surface area (Å²) in [5, 5.41) is 9.58. The molecule has 1 atom stereocenters. The minimum absolute atomic E-state index is 0.245. The molecule has 2 heterocycles. The smallest absolute Gasteiger partial charge is 0.345 e. The first-order valence-electron chi connectivity index (χ1n) is 5.06. The maximum Gasteiger partial charge on any atom is 0.345 e. The second-order valence-corrected chi connectivity index (χ2v) is 4.69.